The maximum atomic E-state index is 5.58. The maximum Gasteiger partial charge on any atom is 0.0660 e. The van der Waals surface area contributed by atoms with Gasteiger partial charge in [0, 0.05) is 5.69 Å². The van der Waals surface area contributed by atoms with E-state index in [4.69, 9.17) is 5.73 Å². The molecule has 1 unspecified atom stereocenters. The Bertz CT molecular complexity index is 264. The number of H-pyrrole nitrogens is 1. The second-order valence-corrected chi connectivity index (χ2v) is 3.28. The smallest absolute Gasteiger partial charge is 0.0660 e. The summed E-state index contributed by atoms with van der Waals surface area (Å²) in [5, 5.41) is 7.21. The molecule has 60 valence electrons. The molecule has 0 saturated carbocycles. The van der Waals surface area contributed by atoms with Crippen LogP contribution in [0.5, 0.6) is 0 Å². The van der Waals surface area contributed by atoms with Gasteiger partial charge >= 0.3 is 0 Å². The lowest BCUT2D eigenvalue weighted by molar-refractivity contribution is 0.565. The van der Waals surface area contributed by atoms with Crippen LogP contribution in [0.2, 0.25) is 0 Å². The second-order valence-electron chi connectivity index (χ2n) is 3.28. The van der Waals surface area contributed by atoms with Gasteiger partial charge in [-0.25, -0.2) is 0 Å². The normalized spacial score (nSPS) is 22.2. The van der Waals surface area contributed by atoms with Crippen LogP contribution in [0, 0.1) is 12.8 Å². The zero-order valence-electron chi connectivity index (χ0n) is 6.72. The van der Waals surface area contributed by atoms with E-state index >= 15 is 0 Å². The molecule has 1 heterocycles. The molecule has 0 fully saturated rings. The Balaban J connectivity index is 2.27. The van der Waals surface area contributed by atoms with Gasteiger partial charge in [-0.2, -0.15) is 5.10 Å². The van der Waals surface area contributed by atoms with Crippen LogP contribution in [0.4, 0.5) is 0 Å². The zero-order chi connectivity index (χ0) is 7.84. The predicted octanol–water partition coefficient (Wildman–Crippen LogP) is 0.392. The van der Waals surface area contributed by atoms with E-state index < -0.39 is 0 Å². The highest BCUT2D eigenvalue weighted by Crippen LogP contribution is 2.26. The number of nitrogens with zero attached hydrogens (tertiary/aromatic N) is 1. The minimum atomic E-state index is 0.640. The van der Waals surface area contributed by atoms with Gasteiger partial charge in [-0.05, 0) is 37.8 Å². The standard InChI is InChI=1S/C8H13N3/c1-5-7-2-6(4-9)3-8(7)11-10-5/h6H,2-4,9H2,1H3,(H,10,11). The van der Waals surface area contributed by atoms with Crippen LogP contribution in [0.3, 0.4) is 0 Å². The number of nitrogens with one attached hydrogen (secondary N) is 1. The molecule has 3 nitrogen and oxygen atoms in total. The van der Waals surface area contributed by atoms with Crippen molar-refractivity contribution in [2.45, 2.75) is 19.8 Å². The summed E-state index contributed by atoms with van der Waals surface area (Å²) in [6.07, 6.45) is 2.18. The van der Waals surface area contributed by atoms with E-state index in [9.17, 15) is 0 Å². The van der Waals surface area contributed by atoms with E-state index in [1.54, 1.807) is 0 Å². The Kier molecular flexibility index (Phi) is 1.46. The molecule has 3 N–H and O–H groups in total. The first-order chi connectivity index (χ1) is 5.31. The molecule has 1 atom stereocenters. The molecule has 1 aliphatic rings. The fourth-order valence-corrected chi connectivity index (χ4v) is 1.74. The van der Waals surface area contributed by atoms with Crippen LogP contribution < -0.4 is 5.73 Å². The number of hydrogen-bond acceptors (Lipinski definition) is 2. The molecular formula is C8H13N3. The monoisotopic (exact) mass is 151 g/mol. The van der Waals surface area contributed by atoms with E-state index in [0.717, 1.165) is 19.4 Å². The van der Waals surface area contributed by atoms with Gasteiger partial charge in [-0.15, -0.1) is 0 Å². The molecule has 2 rings (SSSR count). The number of aromatic amines is 1. The molecular weight excluding hydrogens is 138 g/mol. The summed E-state index contributed by atoms with van der Waals surface area (Å²) in [5.41, 5.74) is 9.44. The number of rotatable bonds is 1. The minimum absolute atomic E-state index is 0.640. The predicted molar refractivity (Wildman–Crippen MR) is 43.3 cm³/mol. The van der Waals surface area contributed by atoms with Crippen LogP contribution in [0.1, 0.15) is 17.0 Å². The topological polar surface area (TPSA) is 54.7 Å². The van der Waals surface area contributed by atoms with E-state index in [2.05, 4.69) is 17.1 Å². The summed E-state index contributed by atoms with van der Waals surface area (Å²) in [6, 6.07) is 0. The third-order valence-electron chi connectivity index (χ3n) is 2.47. The number of nitrogens with two attached hydrogens (primary N) is 1. The van der Waals surface area contributed by atoms with Crippen molar-refractivity contribution >= 4 is 0 Å². The first kappa shape index (κ1) is 6.85. The minimum Gasteiger partial charge on any atom is -0.330 e. The van der Waals surface area contributed by atoms with Crippen LogP contribution in [0.25, 0.3) is 0 Å². The third kappa shape index (κ3) is 0.959. The van der Waals surface area contributed by atoms with E-state index in [1.165, 1.54) is 17.0 Å². The van der Waals surface area contributed by atoms with Gasteiger partial charge in [0.2, 0.25) is 0 Å². The Morgan fingerprint density at radius 2 is 2.45 bits per heavy atom. The molecule has 0 aromatic carbocycles. The molecule has 0 radical (unpaired) electrons. The Labute approximate surface area is 66.0 Å². The first-order valence-corrected chi connectivity index (χ1v) is 4.04. The van der Waals surface area contributed by atoms with Gasteiger partial charge in [0.15, 0.2) is 0 Å². The summed E-state index contributed by atoms with van der Waals surface area (Å²) >= 11 is 0. The maximum absolute atomic E-state index is 5.58. The highest BCUT2D eigenvalue weighted by atomic mass is 15.1. The van der Waals surface area contributed by atoms with Crippen molar-refractivity contribution in [1.82, 2.24) is 10.2 Å². The fourth-order valence-electron chi connectivity index (χ4n) is 1.74. The number of fused-ring (bicyclic) bond motifs is 1. The molecule has 0 aliphatic heterocycles. The Morgan fingerprint density at radius 3 is 3.09 bits per heavy atom. The summed E-state index contributed by atoms with van der Waals surface area (Å²) in [7, 11) is 0. The van der Waals surface area contributed by atoms with Gasteiger partial charge < -0.3 is 5.73 Å². The quantitative estimate of drug-likeness (QED) is 0.610. The van der Waals surface area contributed by atoms with Crippen molar-refractivity contribution in [2.24, 2.45) is 11.7 Å². The summed E-state index contributed by atoms with van der Waals surface area (Å²) < 4.78 is 0. The van der Waals surface area contributed by atoms with Crippen molar-refractivity contribution in [2.75, 3.05) is 6.54 Å². The van der Waals surface area contributed by atoms with Gasteiger partial charge in [0.05, 0.1) is 5.69 Å². The van der Waals surface area contributed by atoms with Crippen LogP contribution in [0.15, 0.2) is 0 Å². The van der Waals surface area contributed by atoms with Crippen molar-refractivity contribution in [3.63, 3.8) is 0 Å². The van der Waals surface area contributed by atoms with Crippen LogP contribution in [-0.4, -0.2) is 16.7 Å². The largest absolute Gasteiger partial charge is 0.330 e. The average Bonchev–Trinajstić information content (AvgIpc) is 2.53. The lowest BCUT2D eigenvalue weighted by Gasteiger charge is -2.02. The molecule has 0 amide bonds. The molecule has 1 aromatic rings. The Morgan fingerprint density at radius 1 is 1.64 bits per heavy atom. The van der Waals surface area contributed by atoms with Crippen molar-refractivity contribution in [3.05, 3.63) is 17.0 Å². The lowest BCUT2D eigenvalue weighted by Crippen LogP contribution is -2.14. The van der Waals surface area contributed by atoms with Crippen molar-refractivity contribution in [1.29, 1.82) is 0 Å². The number of aryl methyl sites for hydroxylation is 1. The molecule has 1 aliphatic carbocycles. The Hall–Kier alpha value is -0.830. The lowest BCUT2D eigenvalue weighted by atomic mass is 10.1. The molecule has 0 bridgehead atoms. The van der Waals surface area contributed by atoms with Gasteiger partial charge in [0.1, 0.15) is 0 Å². The van der Waals surface area contributed by atoms with E-state index in [0.29, 0.717) is 5.92 Å². The van der Waals surface area contributed by atoms with Crippen LogP contribution >= 0.6 is 0 Å². The van der Waals surface area contributed by atoms with Gasteiger partial charge in [-0.1, -0.05) is 0 Å². The molecule has 0 saturated heterocycles. The fraction of sp³-hybridized carbons (Fsp3) is 0.625. The van der Waals surface area contributed by atoms with Gasteiger partial charge in [-0.3, -0.25) is 5.10 Å². The van der Waals surface area contributed by atoms with Crippen molar-refractivity contribution < 1.29 is 0 Å². The SMILES string of the molecule is Cc1[nH]nc2c1CC(CN)C2. The zero-order valence-corrected chi connectivity index (χ0v) is 6.72. The number of hydrogen-bond donors (Lipinski definition) is 2. The molecule has 1 aromatic heterocycles. The summed E-state index contributed by atoms with van der Waals surface area (Å²) in [4.78, 5) is 0. The summed E-state index contributed by atoms with van der Waals surface area (Å²) in [5.74, 6) is 0.640. The van der Waals surface area contributed by atoms with Crippen LogP contribution in [-0.2, 0) is 12.8 Å². The third-order valence-corrected chi connectivity index (χ3v) is 2.47. The first-order valence-electron chi connectivity index (χ1n) is 4.04. The van der Waals surface area contributed by atoms with Crippen molar-refractivity contribution in [3.8, 4) is 0 Å². The second kappa shape index (κ2) is 2.34. The van der Waals surface area contributed by atoms with E-state index in [1.807, 2.05) is 0 Å². The molecule has 3 heteroatoms. The van der Waals surface area contributed by atoms with Gasteiger partial charge in [0.25, 0.3) is 0 Å². The molecule has 0 spiro atoms. The molecule has 11 heavy (non-hydrogen) atoms. The average molecular weight is 151 g/mol. The number of aromatic nitrogens is 2. The highest BCUT2D eigenvalue weighted by Gasteiger charge is 2.24. The highest BCUT2D eigenvalue weighted by molar-refractivity contribution is 5.29. The summed E-state index contributed by atoms with van der Waals surface area (Å²) in [6.45, 7) is 2.86. The van der Waals surface area contributed by atoms with E-state index in [-0.39, 0.29) is 0 Å².